The third-order valence-corrected chi connectivity index (χ3v) is 5.09. The molecule has 1 aromatic rings. The fourth-order valence-corrected chi connectivity index (χ4v) is 3.75. The van der Waals surface area contributed by atoms with Crippen LogP contribution in [0.15, 0.2) is 18.2 Å². The van der Waals surface area contributed by atoms with Crippen molar-refractivity contribution in [3.63, 3.8) is 0 Å². The molecule has 0 aromatic heterocycles. The summed E-state index contributed by atoms with van der Waals surface area (Å²) in [5, 5.41) is 6.19. The van der Waals surface area contributed by atoms with Crippen LogP contribution in [-0.4, -0.2) is 36.0 Å². The number of nitrogens with zero attached hydrogens (tertiary/aromatic N) is 1. The number of benzene rings is 1. The standard InChI is InChI=1S/C19H27N3O3/c1-19(2,3)17-14(8-9-16(23)21-17)20-18(24)22-10-12-6-5-7-15(25-4)13(12)11-22/h5-7,14,17H,8-11H2,1-4H3,(H,20,24)(H,21,23)/t14-,17-/m1/s1. The van der Waals surface area contributed by atoms with Crippen LogP contribution in [0, 0.1) is 5.41 Å². The minimum atomic E-state index is -0.120. The van der Waals surface area contributed by atoms with Gasteiger partial charge in [0.25, 0.3) is 0 Å². The Balaban J connectivity index is 1.69. The minimum Gasteiger partial charge on any atom is -0.496 e. The first-order valence-electron chi connectivity index (χ1n) is 8.79. The molecule has 2 aliphatic heterocycles. The van der Waals surface area contributed by atoms with E-state index in [1.54, 1.807) is 12.0 Å². The quantitative estimate of drug-likeness (QED) is 0.865. The zero-order valence-corrected chi connectivity index (χ0v) is 15.4. The van der Waals surface area contributed by atoms with Crippen molar-refractivity contribution in [3.05, 3.63) is 29.3 Å². The smallest absolute Gasteiger partial charge is 0.318 e. The molecule has 136 valence electrons. The van der Waals surface area contributed by atoms with Gasteiger partial charge in [-0.1, -0.05) is 32.9 Å². The molecular weight excluding hydrogens is 318 g/mol. The number of carbonyl (C=O) groups is 2. The third kappa shape index (κ3) is 3.57. The van der Waals surface area contributed by atoms with Gasteiger partial charge in [0.05, 0.1) is 25.7 Å². The van der Waals surface area contributed by atoms with Crippen LogP contribution in [-0.2, 0) is 17.9 Å². The van der Waals surface area contributed by atoms with Gasteiger partial charge in [-0.2, -0.15) is 0 Å². The topological polar surface area (TPSA) is 70.7 Å². The first-order chi connectivity index (χ1) is 11.8. The molecule has 0 aliphatic carbocycles. The van der Waals surface area contributed by atoms with Gasteiger partial charge in [0.2, 0.25) is 5.91 Å². The molecule has 2 atom stereocenters. The van der Waals surface area contributed by atoms with Crippen LogP contribution in [0.1, 0.15) is 44.7 Å². The van der Waals surface area contributed by atoms with E-state index in [9.17, 15) is 9.59 Å². The number of nitrogens with one attached hydrogen (secondary N) is 2. The highest BCUT2D eigenvalue weighted by atomic mass is 16.5. The fraction of sp³-hybridized carbons (Fsp3) is 0.579. The van der Waals surface area contributed by atoms with E-state index in [1.165, 1.54) is 0 Å². The Morgan fingerprint density at radius 3 is 2.76 bits per heavy atom. The lowest BCUT2D eigenvalue weighted by Gasteiger charge is -2.41. The van der Waals surface area contributed by atoms with E-state index in [1.807, 2.05) is 18.2 Å². The van der Waals surface area contributed by atoms with Crippen LogP contribution < -0.4 is 15.4 Å². The normalized spacial score (nSPS) is 23.0. The molecule has 1 fully saturated rings. The summed E-state index contributed by atoms with van der Waals surface area (Å²) in [5.74, 6) is 0.883. The Hall–Kier alpha value is -2.24. The van der Waals surface area contributed by atoms with Gasteiger partial charge in [-0.25, -0.2) is 4.79 Å². The molecule has 3 amide bonds. The highest BCUT2D eigenvalue weighted by Gasteiger charge is 2.38. The molecule has 3 rings (SSSR count). The number of amides is 3. The van der Waals surface area contributed by atoms with E-state index in [0.717, 1.165) is 16.9 Å². The number of hydrogen-bond acceptors (Lipinski definition) is 3. The molecule has 0 spiro atoms. The van der Waals surface area contributed by atoms with Crippen molar-refractivity contribution in [1.29, 1.82) is 0 Å². The Morgan fingerprint density at radius 2 is 2.08 bits per heavy atom. The van der Waals surface area contributed by atoms with Crippen LogP contribution in [0.5, 0.6) is 5.75 Å². The molecule has 6 heteroatoms. The van der Waals surface area contributed by atoms with Crippen LogP contribution in [0.25, 0.3) is 0 Å². The lowest BCUT2D eigenvalue weighted by Crippen LogP contribution is -2.61. The molecule has 2 heterocycles. The van der Waals surface area contributed by atoms with Crippen LogP contribution in [0.2, 0.25) is 0 Å². The van der Waals surface area contributed by atoms with Crippen molar-refractivity contribution in [2.24, 2.45) is 5.41 Å². The number of hydrogen-bond donors (Lipinski definition) is 2. The average Bonchev–Trinajstić information content (AvgIpc) is 2.99. The van der Waals surface area contributed by atoms with Gasteiger partial charge in [0.1, 0.15) is 5.75 Å². The minimum absolute atomic E-state index is 0.0590. The number of methoxy groups -OCH3 is 1. The number of rotatable bonds is 2. The molecule has 0 unspecified atom stereocenters. The molecule has 6 nitrogen and oxygen atoms in total. The number of fused-ring (bicyclic) bond motifs is 1. The van der Waals surface area contributed by atoms with E-state index in [-0.39, 0.29) is 29.4 Å². The molecule has 0 bridgehead atoms. The SMILES string of the molecule is COc1cccc2c1CN(C(=O)N[C@@H]1CCC(=O)N[C@H]1C(C)(C)C)C2. The van der Waals surface area contributed by atoms with E-state index >= 15 is 0 Å². The Labute approximate surface area is 148 Å². The molecule has 2 aliphatic rings. The zero-order valence-electron chi connectivity index (χ0n) is 15.4. The van der Waals surface area contributed by atoms with Crippen molar-refractivity contribution in [3.8, 4) is 5.75 Å². The zero-order chi connectivity index (χ0) is 18.2. The summed E-state index contributed by atoms with van der Waals surface area (Å²) in [6, 6.07) is 5.68. The second-order valence-electron chi connectivity index (χ2n) is 7.96. The maximum atomic E-state index is 12.8. The Bertz CT molecular complexity index is 681. The second-order valence-corrected chi connectivity index (χ2v) is 7.96. The highest BCUT2D eigenvalue weighted by Crippen LogP contribution is 2.31. The fourth-order valence-electron chi connectivity index (χ4n) is 3.75. The lowest BCUT2D eigenvalue weighted by atomic mass is 9.79. The van der Waals surface area contributed by atoms with Gasteiger partial charge in [-0.15, -0.1) is 0 Å². The maximum Gasteiger partial charge on any atom is 0.318 e. The molecule has 2 N–H and O–H groups in total. The number of piperidine rings is 1. The van der Waals surface area contributed by atoms with E-state index < -0.39 is 0 Å². The van der Waals surface area contributed by atoms with Gasteiger partial charge in [0.15, 0.2) is 0 Å². The van der Waals surface area contributed by atoms with Crippen molar-refractivity contribution < 1.29 is 14.3 Å². The summed E-state index contributed by atoms with van der Waals surface area (Å²) in [6.07, 6.45) is 1.12. The first kappa shape index (κ1) is 17.6. The van der Waals surface area contributed by atoms with Gasteiger partial charge >= 0.3 is 6.03 Å². The van der Waals surface area contributed by atoms with Crippen molar-refractivity contribution in [2.75, 3.05) is 7.11 Å². The Morgan fingerprint density at radius 1 is 1.32 bits per heavy atom. The molecule has 1 saturated heterocycles. The molecular formula is C19H27N3O3. The summed E-state index contributed by atoms with van der Waals surface area (Å²) < 4.78 is 5.40. The number of ether oxygens (including phenoxy) is 1. The molecule has 25 heavy (non-hydrogen) atoms. The van der Waals surface area contributed by atoms with Crippen LogP contribution >= 0.6 is 0 Å². The predicted octanol–water partition coefficient (Wildman–Crippen LogP) is 2.41. The number of carbonyl (C=O) groups excluding carboxylic acids is 2. The summed E-state index contributed by atoms with van der Waals surface area (Å²) in [6.45, 7) is 7.37. The monoisotopic (exact) mass is 345 g/mol. The van der Waals surface area contributed by atoms with Gasteiger partial charge < -0.3 is 20.3 Å². The van der Waals surface area contributed by atoms with Gasteiger partial charge in [-0.3, -0.25) is 4.79 Å². The maximum absolute atomic E-state index is 12.8. The van der Waals surface area contributed by atoms with Crippen molar-refractivity contribution in [2.45, 2.75) is 58.8 Å². The average molecular weight is 345 g/mol. The van der Waals surface area contributed by atoms with Gasteiger partial charge in [0, 0.05) is 18.5 Å². The molecule has 0 radical (unpaired) electrons. The largest absolute Gasteiger partial charge is 0.496 e. The van der Waals surface area contributed by atoms with Crippen LogP contribution in [0.4, 0.5) is 4.79 Å². The molecule has 1 aromatic carbocycles. The van der Waals surface area contributed by atoms with Crippen molar-refractivity contribution >= 4 is 11.9 Å². The summed E-state index contributed by atoms with van der Waals surface area (Å²) in [7, 11) is 1.65. The van der Waals surface area contributed by atoms with E-state index in [4.69, 9.17) is 4.74 Å². The first-order valence-corrected chi connectivity index (χ1v) is 8.79. The Kier molecular flexibility index (Phi) is 4.62. The summed E-state index contributed by atoms with van der Waals surface area (Å²) >= 11 is 0. The summed E-state index contributed by atoms with van der Waals surface area (Å²) in [4.78, 5) is 26.4. The lowest BCUT2D eigenvalue weighted by molar-refractivity contribution is -0.125. The van der Waals surface area contributed by atoms with Crippen molar-refractivity contribution in [1.82, 2.24) is 15.5 Å². The third-order valence-electron chi connectivity index (χ3n) is 5.09. The second kappa shape index (κ2) is 6.58. The summed E-state index contributed by atoms with van der Waals surface area (Å²) in [5.41, 5.74) is 2.08. The van der Waals surface area contributed by atoms with Crippen LogP contribution in [0.3, 0.4) is 0 Å². The van der Waals surface area contributed by atoms with Gasteiger partial charge in [-0.05, 0) is 23.5 Å². The highest BCUT2D eigenvalue weighted by molar-refractivity contribution is 5.79. The predicted molar refractivity (Wildman–Crippen MR) is 95.2 cm³/mol. The molecule has 0 saturated carbocycles. The number of urea groups is 1. The van der Waals surface area contributed by atoms with E-state index in [0.29, 0.717) is 25.9 Å². The van der Waals surface area contributed by atoms with E-state index in [2.05, 4.69) is 31.4 Å².